The summed E-state index contributed by atoms with van der Waals surface area (Å²) < 4.78 is 6.09. The third kappa shape index (κ3) is 2.91. The zero-order chi connectivity index (χ0) is 13.8. The first-order valence-corrected chi connectivity index (χ1v) is 7.44. The first-order chi connectivity index (χ1) is 9.80. The molecule has 2 fully saturated rings. The molecule has 2 aliphatic rings. The van der Waals surface area contributed by atoms with E-state index in [2.05, 4.69) is 15.5 Å². The first kappa shape index (κ1) is 13.3. The number of hydrogen-bond donors (Lipinski definition) is 1. The lowest BCUT2D eigenvalue weighted by Crippen LogP contribution is -2.45. The molecule has 20 heavy (non-hydrogen) atoms. The minimum atomic E-state index is 0.0915. The molecule has 1 spiro atoms. The average molecular weight is 272 g/mol. The van der Waals surface area contributed by atoms with Gasteiger partial charge in [0.25, 0.3) is 0 Å². The van der Waals surface area contributed by atoms with Crippen LogP contribution >= 0.6 is 0 Å². The van der Waals surface area contributed by atoms with E-state index in [1.165, 1.54) is 32.1 Å². The van der Waals surface area contributed by atoms with Gasteiger partial charge < -0.3 is 10.1 Å². The van der Waals surface area contributed by atoms with Crippen molar-refractivity contribution in [1.82, 2.24) is 10.2 Å². The Bertz CT molecular complexity index is 482. The van der Waals surface area contributed by atoms with E-state index < -0.39 is 0 Å². The van der Waals surface area contributed by atoms with Crippen molar-refractivity contribution < 1.29 is 4.74 Å². The lowest BCUT2D eigenvalue weighted by molar-refractivity contribution is -0.103. The lowest BCUT2D eigenvalue weighted by Gasteiger charge is -2.43. The van der Waals surface area contributed by atoms with Crippen molar-refractivity contribution in [3.63, 3.8) is 0 Å². The Morgan fingerprint density at radius 1 is 1.25 bits per heavy atom. The molecule has 106 valence electrons. The van der Waals surface area contributed by atoms with E-state index in [9.17, 15) is 0 Å². The second-order valence-electron chi connectivity index (χ2n) is 5.84. The molecule has 3 rings (SSSR count). The number of nitrogens with one attached hydrogen (secondary N) is 1. The number of anilines is 1. The van der Waals surface area contributed by atoms with Crippen LogP contribution in [-0.2, 0) is 4.74 Å². The van der Waals surface area contributed by atoms with Crippen molar-refractivity contribution in [2.75, 3.05) is 11.9 Å². The van der Waals surface area contributed by atoms with Gasteiger partial charge in [-0.15, -0.1) is 10.2 Å². The normalized spacial score (nSPS) is 25.1. The van der Waals surface area contributed by atoms with Gasteiger partial charge in [0.15, 0.2) is 5.69 Å². The van der Waals surface area contributed by atoms with Crippen LogP contribution in [0.5, 0.6) is 0 Å². The minimum absolute atomic E-state index is 0.0915. The molecule has 0 aromatic carbocycles. The van der Waals surface area contributed by atoms with Gasteiger partial charge in [-0.25, -0.2) is 0 Å². The maximum atomic E-state index is 8.73. The maximum Gasteiger partial charge on any atom is 0.163 e. The number of nitrogens with zero attached hydrogens (tertiary/aromatic N) is 3. The lowest BCUT2D eigenvalue weighted by atomic mass is 9.78. The fourth-order valence-corrected chi connectivity index (χ4v) is 3.37. The maximum absolute atomic E-state index is 8.73. The summed E-state index contributed by atoms with van der Waals surface area (Å²) in [6.07, 6.45) is 8.32. The summed E-state index contributed by atoms with van der Waals surface area (Å²) >= 11 is 0. The molecule has 1 unspecified atom stereocenters. The summed E-state index contributed by atoms with van der Waals surface area (Å²) in [6, 6.07) is 5.90. The Hall–Kier alpha value is -1.67. The molecule has 2 heterocycles. The van der Waals surface area contributed by atoms with E-state index in [1.54, 1.807) is 6.07 Å². The SMILES string of the molecule is N#Cc1ccc(NC2CCOC3(CCCCC3)C2)nn1. The summed E-state index contributed by atoms with van der Waals surface area (Å²) in [5, 5.41) is 20.1. The summed E-state index contributed by atoms with van der Waals surface area (Å²) in [6.45, 7) is 0.821. The van der Waals surface area contributed by atoms with Crippen molar-refractivity contribution in [3.8, 4) is 6.07 Å². The van der Waals surface area contributed by atoms with Crippen molar-refractivity contribution in [2.45, 2.75) is 56.6 Å². The van der Waals surface area contributed by atoms with Crippen molar-refractivity contribution in [3.05, 3.63) is 17.8 Å². The van der Waals surface area contributed by atoms with Crippen LogP contribution in [0.25, 0.3) is 0 Å². The van der Waals surface area contributed by atoms with Gasteiger partial charge >= 0.3 is 0 Å². The van der Waals surface area contributed by atoms with Gasteiger partial charge in [-0.3, -0.25) is 0 Å². The molecule has 1 atom stereocenters. The highest BCUT2D eigenvalue weighted by molar-refractivity contribution is 5.36. The van der Waals surface area contributed by atoms with Crippen LogP contribution in [0.3, 0.4) is 0 Å². The van der Waals surface area contributed by atoms with Crippen LogP contribution in [0.4, 0.5) is 5.82 Å². The summed E-state index contributed by atoms with van der Waals surface area (Å²) in [7, 11) is 0. The van der Waals surface area contributed by atoms with Gasteiger partial charge in [-0.05, 0) is 37.8 Å². The molecule has 1 N–H and O–H groups in total. The van der Waals surface area contributed by atoms with Crippen molar-refractivity contribution >= 4 is 5.82 Å². The number of hydrogen-bond acceptors (Lipinski definition) is 5. The van der Waals surface area contributed by atoms with Gasteiger partial charge in [-0.1, -0.05) is 19.3 Å². The first-order valence-electron chi connectivity index (χ1n) is 7.44. The molecule has 1 saturated carbocycles. The Labute approximate surface area is 119 Å². The minimum Gasteiger partial charge on any atom is -0.375 e. The van der Waals surface area contributed by atoms with Gasteiger partial charge in [0.1, 0.15) is 11.9 Å². The van der Waals surface area contributed by atoms with Crippen molar-refractivity contribution in [1.29, 1.82) is 5.26 Å². The van der Waals surface area contributed by atoms with Crippen molar-refractivity contribution in [2.24, 2.45) is 0 Å². The van der Waals surface area contributed by atoms with E-state index in [0.717, 1.165) is 25.3 Å². The molecule has 1 aliphatic carbocycles. The van der Waals surface area contributed by atoms with Crippen LogP contribution in [0, 0.1) is 11.3 Å². The molecule has 5 nitrogen and oxygen atoms in total. The van der Waals surface area contributed by atoms with Gasteiger partial charge in [-0.2, -0.15) is 5.26 Å². The zero-order valence-electron chi connectivity index (χ0n) is 11.6. The second kappa shape index (κ2) is 5.76. The van der Waals surface area contributed by atoms with Gasteiger partial charge in [0.05, 0.1) is 5.60 Å². The predicted octanol–water partition coefficient (Wildman–Crippen LogP) is 2.64. The zero-order valence-corrected chi connectivity index (χ0v) is 11.6. The topological polar surface area (TPSA) is 70.8 Å². The Kier molecular flexibility index (Phi) is 3.83. The highest BCUT2D eigenvalue weighted by atomic mass is 16.5. The second-order valence-corrected chi connectivity index (χ2v) is 5.84. The fourth-order valence-electron chi connectivity index (χ4n) is 3.37. The summed E-state index contributed by atoms with van der Waals surface area (Å²) in [4.78, 5) is 0. The molecular formula is C15H20N4O. The van der Waals surface area contributed by atoms with Gasteiger partial charge in [0.2, 0.25) is 0 Å². The van der Waals surface area contributed by atoms with E-state index >= 15 is 0 Å². The van der Waals surface area contributed by atoms with Crippen LogP contribution in [-0.4, -0.2) is 28.4 Å². The number of rotatable bonds is 2. The monoisotopic (exact) mass is 272 g/mol. The van der Waals surface area contributed by atoms with Crippen LogP contribution in [0.1, 0.15) is 50.6 Å². The molecule has 1 aromatic rings. The van der Waals surface area contributed by atoms with E-state index in [4.69, 9.17) is 10.00 Å². The highest BCUT2D eigenvalue weighted by Gasteiger charge is 2.38. The largest absolute Gasteiger partial charge is 0.375 e. The third-order valence-corrected chi connectivity index (χ3v) is 4.39. The molecule has 5 heteroatoms. The summed E-state index contributed by atoms with van der Waals surface area (Å²) in [5.41, 5.74) is 0.444. The predicted molar refractivity (Wildman–Crippen MR) is 75.2 cm³/mol. The number of nitriles is 1. The molecule has 0 amide bonds. The van der Waals surface area contributed by atoms with E-state index in [0.29, 0.717) is 11.7 Å². The fraction of sp³-hybridized carbons (Fsp3) is 0.667. The summed E-state index contributed by atoms with van der Waals surface area (Å²) in [5.74, 6) is 0.752. The standard InChI is InChI=1S/C15H20N4O/c16-11-13-4-5-14(19-18-13)17-12-6-9-20-15(10-12)7-2-1-3-8-15/h4-5,12H,1-3,6-10H2,(H,17,19). The number of aromatic nitrogens is 2. The Morgan fingerprint density at radius 3 is 2.80 bits per heavy atom. The molecule has 1 aromatic heterocycles. The molecule has 1 saturated heterocycles. The Balaban J connectivity index is 1.63. The van der Waals surface area contributed by atoms with Gasteiger partial charge in [0, 0.05) is 12.6 Å². The smallest absolute Gasteiger partial charge is 0.163 e. The third-order valence-electron chi connectivity index (χ3n) is 4.39. The quantitative estimate of drug-likeness (QED) is 0.896. The van der Waals surface area contributed by atoms with Crippen LogP contribution in [0.15, 0.2) is 12.1 Å². The van der Waals surface area contributed by atoms with E-state index in [1.807, 2.05) is 12.1 Å². The molecule has 0 radical (unpaired) electrons. The molecule has 0 bridgehead atoms. The average Bonchev–Trinajstić information content (AvgIpc) is 2.49. The van der Waals surface area contributed by atoms with E-state index in [-0.39, 0.29) is 5.60 Å². The van der Waals surface area contributed by atoms with Crippen LogP contribution < -0.4 is 5.32 Å². The number of ether oxygens (including phenoxy) is 1. The van der Waals surface area contributed by atoms with Crippen LogP contribution in [0.2, 0.25) is 0 Å². The highest BCUT2D eigenvalue weighted by Crippen LogP contribution is 2.39. The molecule has 1 aliphatic heterocycles. The Morgan fingerprint density at radius 2 is 2.10 bits per heavy atom. The molecular weight excluding hydrogens is 252 g/mol.